The predicted molar refractivity (Wildman–Crippen MR) is 107 cm³/mol. The number of carbonyl (C=O) groups excluding carboxylic acids is 3. The summed E-state index contributed by atoms with van der Waals surface area (Å²) in [5.74, 6) is -0.312. The molecule has 1 heterocycles. The molecule has 0 bridgehead atoms. The SMILES string of the molecule is COc1ccc(C(=O)[C@@H](C)OC(=O)c2c(NC(=O)C3CC3)sc(C)c2C)cc1. The number of aryl methyl sites for hydroxylation is 1. The number of ketones is 1. The molecular formula is C21H23NO5S. The van der Waals surface area contributed by atoms with Crippen molar-refractivity contribution in [2.45, 2.75) is 39.7 Å². The summed E-state index contributed by atoms with van der Waals surface area (Å²) in [5.41, 5.74) is 1.51. The van der Waals surface area contributed by atoms with Crippen molar-refractivity contribution >= 4 is 34.0 Å². The van der Waals surface area contributed by atoms with Crippen molar-refractivity contribution in [3.05, 3.63) is 45.8 Å². The monoisotopic (exact) mass is 401 g/mol. The van der Waals surface area contributed by atoms with Crippen molar-refractivity contribution in [3.63, 3.8) is 0 Å². The summed E-state index contributed by atoms with van der Waals surface area (Å²) < 4.78 is 10.5. The standard InChI is InChI=1S/C21H23NO5S/c1-11-13(3)28-20(22-19(24)15-5-6-15)17(11)21(25)27-12(2)18(23)14-7-9-16(26-4)10-8-14/h7-10,12,15H,5-6H2,1-4H3,(H,22,24)/t12-/m1/s1. The van der Waals surface area contributed by atoms with Crippen LogP contribution in [0.1, 0.15) is 50.9 Å². The number of anilines is 1. The Morgan fingerprint density at radius 1 is 1.14 bits per heavy atom. The van der Waals surface area contributed by atoms with Gasteiger partial charge in [-0.25, -0.2) is 4.79 Å². The van der Waals surface area contributed by atoms with Crippen molar-refractivity contribution in [1.82, 2.24) is 0 Å². The van der Waals surface area contributed by atoms with Crippen molar-refractivity contribution < 1.29 is 23.9 Å². The number of hydrogen-bond acceptors (Lipinski definition) is 6. The minimum absolute atomic E-state index is 0.0298. The van der Waals surface area contributed by atoms with E-state index in [-0.39, 0.29) is 17.6 Å². The number of nitrogens with one attached hydrogen (secondary N) is 1. The molecule has 0 saturated heterocycles. The van der Waals surface area contributed by atoms with E-state index < -0.39 is 12.1 Å². The first-order chi connectivity index (χ1) is 13.3. The van der Waals surface area contributed by atoms with Gasteiger partial charge in [-0.05, 0) is 63.4 Å². The van der Waals surface area contributed by atoms with Crippen molar-refractivity contribution in [3.8, 4) is 5.75 Å². The summed E-state index contributed by atoms with van der Waals surface area (Å²) in [4.78, 5) is 38.4. The Bertz CT molecular complexity index is 912. The first-order valence-corrected chi connectivity index (χ1v) is 9.93. The summed E-state index contributed by atoms with van der Waals surface area (Å²) in [6.07, 6.45) is 0.803. The Morgan fingerprint density at radius 2 is 1.79 bits per heavy atom. The smallest absolute Gasteiger partial charge is 0.342 e. The molecule has 1 aromatic carbocycles. The normalized spacial score (nSPS) is 14.3. The van der Waals surface area contributed by atoms with Gasteiger partial charge >= 0.3 is 5.97 Å². The molecule has 148 valence electrons. The highest BCUT2D eigenvalue weighted by atomic mass is 32.1. The molecule has 1 aliphatic rings. The molecule has 0 aliphatic heterocycles. The molecule has 0 radical (unpaired) electrons. The van der Waals surface area contributed by atoms with Gasteiger partial charge in [-0.15, -0.1) is 11.3 Å². The van der Waals surface area contributed by atoms with Crippen LogP contribution in [0.5, 0.6) is 5.75 Å². The van der Waals surface area contributed by atoms with Crippen LogP contribution < -0.4 is 10.1 Å². The number of carbonyl (C=O) groups is 3. The summed E-state index contributed by atoms with van der Waals surface area (Å²) >= 11 is 1.35. The molecule has 1 amide bonds. The third kappa shape index (κ3) is 4.25. The van der Waals surface area contributed by atoms with Gasteiger partial charge in [0.2, 0.25) is 11.7 Å². The Hall–Kier alpha value is -2.67. The van der Waals surface area contributed by atoms with Gasteiger partial charge in [0.15, 0.2) is 6.10 Å². The van der Waals surface area contributed by atoms with Crippen LogP contribution in [0.2, 0.25) is 0 Å². The largest absolute Gasteiger partial charge is 0.497 e. The van der Waals surface area contributed by atoms with Gasteiger partial charge in [0.25, 0.3) is 0 Å². The highest BCUT2D eigenvalue weighted by molar-refractivity contribution is 7.16. The van der Waals surface area contributed by atoms with Gasteiger partial charge in [0.05, 0.1) is 12.7 Å². The third-order valence-corrected chi connectivity index (χ3v) is 5.92. The molecule has 1 aromatic heterocycles. The quantitative estimate of drug-likeness (QED) is 0.557. The number of Topliss-reactive ketones (excluding diaryl/α,β-unsaturated/α-hetero) is 1. The molecule has 3 rings (SSSR count). The van der Waals surface area contributed by atoms with Crippen molar-refractivity contribution in [2.24, 2.45) is 5.92 Å². The van der Waals surface area contributed by atoms with Gasteiger partial charge in [-0.3, -0.25) is 9.59 Å². The highest BCUT2D eigenvalue weighted by Gasteiger charge is 2.32. The van der Waals surface area contributed by atoms with E-state index in [1.165, 1.54) is 11.3 Å². The summed E-state index contributed by atoms with van der Waals surface area (Å²) in [5, 5.41) is 3.33. The van der Waals surface area contributed by atoms with Crippen LogP contribution in [0, 0.1) is 19.8 Å². The fourth-order valence-electron chi connectivity index (χ4n) is 2.78. The second-order valence-corrected chi connectivity index (χ2v) is 8.12. The topological polar surface area (TPSA) is 81.7 Å². The first-order valence-electron chi connectivity index (χ1n) is 9.12. The molecule has 1 N–H and O–H groups in total. The van der Waals surface area contributed by atoms with E-state index in [1.807, 2.05) is 13.8 Å². The maximum absolute atomic E-state index is 12.8. The van der Waals surface area contributed by atoms with E-state index in [4.69, 9.17) is 9.47 Å². The van der Waals surface area contributed by atoms with Gasteiger partial charge in [-0.2, -0.15) is 0 Å². The Balaban J connectivity index is 1.74. The average molecular weight is 401 g/mol. The number of rotatable bonds is 7. The molecule has 1 aliphatic carbocycles. The number of benzene rings is 1. The molecule has 1 atom stereocenters. The Morgan fingerprint density at radius 3 is 2.36 bits per heavy atom. The number of hydrogen-bond donors (Lipinski definition) is 1. The van der Waals surface area contributed by atoms with E-state index in [2.05, 4.69) is 5.32 Å². The molecule has 28 heavy (non-hydrogen) atoms. The van der Waals surface area contributed by atoms with Crippen molar-refractivity contribution in [2.75, 3.05) is 12.4 Å². The lowest BCUT2D eigenvalue weighted by molar-refractivity contribution is -0.117. The fourth-order valence-corrected chi connectivity index (χ4v) is 3.83. The second-order valence-electron chi connectivity index (χ2n) is 6.89. The van der Waals surface area contributed by atoms with Gasteiger partial charge < -0.3 is 14.8 Å². The number of thiophene rings is 1. The molecule has 1 fully saturated rings. The predicted octanol–water partition coefficient (Wildman–Crippen LogP) is 4.15. The lowest BCUT2D eigenvalue weighted by atomic mass is 10.1. The molecule has 0 spiro atoms. The average Bonchev–Trinajstić information content (AvgIpc) is 3.48. The highest BCUT2D eigenvalue weighted by Crippen LogP contribution is 2.36. The van der Waals surface area contributed by atoms with Gasteiger partial charge in [0.1, 0.15) is 10.8 Å². The number of ether oxygens (including phenoxy) is 2. The number of esters is 1. The first kappa shape index (κ1) is 20.1. The van der Waals surface area contributed by atoms with Crippen molar-refractivity contribution in [1.29, 1.82) is 0 Å². The van der Waals surface area contributed by atoms with E-state index in [0.717, 1.165) is 23.3 Å². The Labute approximate surface area is 167 Å². The van der Waals surface area contributed by atoms with Crippen LogP contribution in [-0.4, -0.2) is 30.9 Å². The summed E-state index contributed by atoms with van der Waals surface area (Å²) in [6, 6.07) is 6.62. The molecule has 0 unspecified atom stereocenters. The number of amides is 1. The minimum atomic E-state index is -0.951. The second kappa shape index (κ2) is 8.14. The minimum Gasteiger partial charge on any atom is -0.497 e. The Kier molecular flexibility index (Phi) is 5.84. The van der Waals surface area contributed by atoms with Crippen LogP contribution in [0.25, 0.3) is 0 Å². The lowest BCUT2D eigenvalue weighted by Gasteiger charge is -2.14. The van der Waals surface area contributed by atoms with Crippen LogP contribution in [0.3, 0.4) is 0 Å². The molecular weight excluding hydrogens is 378 g/mol. The maximum Gasteiger partial charge on any atom is 0.342 e. The fraction of sp³-hybridized carbons (Fsp3) is 0.381. The summed E-state index contributed by atoms with van der Waals surface area (Å²) in [7, 11) is 1.55. The zero-order valence-electron chi connectivity index (χ0n) is 16.3. The zero-order chi connectivity index (χ0) is 20.4. The molecule has 2 aromatic rings. The van der Waals surface area contributed by atoms with Crippen LogP contribution in [0.15, 0.2) is 24.3 Å². The van der Waals surface area contributed by atoms with Crippen LogP contribution in [0.4, 0.5) is 5.00 Å². The number of methoxy groups -OCH3 is 1. The molecule has 1 saturated carbocycles. The van der Waals surface area contributed by atoms with Crippen LogP contribution >= 0.6 is 11.3 Å². The van der Waals surface area contributed by atoms with Crippen LogP contribution in [-0.2, 0) is 9.53 Å². The molecule has 7 heteroatoms. The molecule has 6 nitrogen and oxygen atoms in total. The van der Waals surface area contributed by atoms with E-state index >= 15 is 0 Å². The summed E-state index contributed by atoms with van der Waals surface area (Å²) in [6.45, 7) is 5.24. The maximum atomic E-state index is 12.8. The van der Waals surface area contributed by atoms with E-state index in [1.54, 1.807) is 38.3 Å². The van der Waals surface area contributed by atoms with E-state index in [0.29, 0.717) is 21.9 Å². The van der Waals surface area contributed by atoms with Gasteiger partial charge in [-0.1, -0.05) is 0 Å². The van der Waals surface area contributed by atoms with E-state index in [9.17, 15) is 14.4 Å². The zero-order valence-corrected chi connectivity index (χ0v) is 17.1. The lowest BCUT2D eigenvalue weighted by Crippen LogP contribution is -2.25. The van der Waals surface area contributed by atoms with Gasteiger partial charge in [0, 0.05) is 16.4 Å². The third-order valence-electron chi connectivity index (χ3n) is 4.80.